The quantitative estimate of drug-likeness (QED) is 0.790. The molecule has 1 heterocycles. The number of benzene rings is 1. The van der Waals surface area contributed by atoms with Gasteiger partial charge >= 0.3 is 0 Å². The lowest BCUT2D eigenvalue weighted by Crippen LogP contribution is -2.54. The van der Waals surface area contributed by atoms with E-state index in [1.54, 1.807) is 0 Å². The van der Waals surface area contributed by atoms with E-state index in [-0.39, 0.29) is 5.04 Å². The van der Waals surface area contributed by atoms with Gasteiger partial charge in [-0.3, -0.25) is 4.90 Å². The molecule has 2 rings (SSSR count). The van der Waals surface area contributed by atoms with Gasteiger partial charge in [-0.1, -0.05) is 46.0 Å². The zero-order chi connectivity index (χ0) is 17.5. The zero-order valence-corrected chi connectivity index (χ0v) is 17.1. The molecule has 1 fully saturated rings. The van der Waals surface area contributed by atoms with E-state index in [1.165, 1.54) is 18.4 Å². The Morgan fingerprint density at radius 3 is 2.26 bits per heavy atom. The van der Waals surface area contributed by atoms with Crippen LogP contribution in [0.2, 0.25) is 18.1 Å². The molecule has 23 heavy (non-hydrogen) atoms. The summed E-state index contributed by atoms with van der Waals surface area (Å²) in [5.74, 6) is 0. The molecule has 1 aliphatic heterocycles. The zero-order valence-electron chi connectivity index (χ0n) is 15.3. The van der Waals surface area contributed by atoms with E-state index in [2.05, 4.69) is 50.2 Å². The van der Waals surface area contributed by atoms with Crippen LogP contribution in [0.1, 0.15) is 45.2 Å². The Kier molecular flexibility index (Phi) is 5.12. The molecule has 4 nitrogen and oxygen atoms in total. The van der Waals surface area contributed by atoms with Crippen LogP contribution in [0.3, 0.4) is 0 Å². The van der Waals surface area contributed by atoms with E-state index in [1.807, 2.05) is 24.3 Å². The van der Waals surface area contributed by atoms with E-state index in [4.69, 9.17) is 4.78 Å². The minimum Gasteiger partial charge on any atom is -0.299 e. The molecule has 0 aliphatic carbocycles. The summed E-state index contributed by atoms with van der Waals surface area (Å²) in [5, 5.41) is 0.0449. The summed E-state index contributed by atoms with van der Waals surface area (Å²) in [7, 11) is -2.80. The van der Waals surface area contributed by atoms with Gasteiger partial charge in [-0.15, -0.1) is 0 Å². The van der Waals surface area contributed by atoms with E-state index >= 15 is 0 Å². The van der Waals surface area contributed by atoms with Gasteiger partial charge < -0.3 is 0 Å². The molecule has 0 bridgehead atoms. The van der Waals surface area contributed by atoms with Crippen molar-refractivity contribution in [1.82, 2.24) is 9.29 Å². The maximum Gasteiger partial charge on any atom is 0.140 e. The predicted octanol–water partition coefficient (Wildman–Crippen LogP) is 4.37. The molecule has 0 saturated carbocycles. The summed E-state index contributed by atoms with van der Waals surface area (Å²) < 4.78 is 24.5. The largest absolute Gasteiger partial charge is 0.299 e. The lowest BCUT2D eigenvalue weighted by molar-refractivity contribution is 0.317. The summed E-state index contributed by atoms with van der Waals surface area (Å²) >= 11 is 0. The molecule has 1 saturated heterocycles. The maximum atomic E-state index is 12.9. The molecule has 1 aromatic rings. The summed E-state index contributed by atoms with van der Waals surface area (Å²) in [6, 6.07) is 8.29. The lowest BCUT2D eigenvalue weighted by Gasteiger charge is -2.37. The van der Waals surface area contributed by atoms with Crippen molar-refractivity contribution >= 4 is 18.2 Å². The topological polar surface area (TPSA) is 56.2 Å². The van der Waals surface area contributed by atoms with Crippen molar-refractivity contribution in [3.05, 3.63) is 29.8 Å². The molecule has 0 radical (unpaired) electrons. The highest BCUT2D eigenvalue weighted by atomic mass is 32.2. The molecule has 2 N–H and O–H groups in total. The molecule has 0 spiro atoms. The first kappa shape index (κ1) is 18.6. The molecular formula is C17H31N3OSSi. The number of hydrogen-bond acceptors (Lipinski definition) is 3. The van der Waals surface area contributed by atoms with E-state index < -0.39 is 18.2 Å². The molecule has 130 valence electrons. The highest BCUT2D eigenvalue weighted by Gasteiger charge is 2.38. The Bertz CT molecular complexity index is 647. The highest BCUT2D eigenvalue weighted by molar-refractivity contribution is 7.92. The van der Waals surface area contributed by atoms with Crippen LogP contribution in [0.25, 0.3) is 0 Å². The molecular weight excluding hydrogens is 322 g/mol. The summed E-state index contributed by atoms with van der Waals surface area (Å²) in [6.45, 7) is 11.9. The first-order valence-corrected chi connectivity index (χ1v) is 12.9. The van der Waals surface area contributed by atoms with Gasteiger partial charge in [0.25, 0.3) is 0 Å². The average Bonchev–Trinajstić information content (AvgIpc) is 2.82. The van der Waals surface area contributed by atoms with Crippen LogP contribution in [0.5, 0.6) is 0 Å². The lowest BCUT2D eigenvalue weighted by atomic mass is 10.1. The second-order valence-corrected chi connectivity index (χ2v) is 15.4. The fourth-order valence-corrected chi connectivity index (χ4v) is 7.87. The average molecular weight is 354 g/mol. The van der Waals surface area contributed by atoms with Gasteiger partial charge in [0.05, 0.1) is 4.90 Å². The van der Waals surface area contributed by atoms with Crippen LogP contribution >= 0.6 is 0 Å². The van der Waals surface area contributed by atoms with Gasteiger partial charge in [-0.2, -0.15) is 0 Å². The van der Waals surface area contributed by atoms with Crippen molar-refractivity contribution in [2.75, 3.05) is 13.6 Å². The van der Waals surface area contributed by atoms with Crippen LogP contribution in [-0.4, -0.2) is 30.9 Å². The van der Waals surface area contributed by atoms with Gasteiger partial charge in [-0.25, -0.2) is 13.4 Å². The maximum absolute atomic E-state index is 12.9. The number of likely N-dealkylation sites (tertiary alicyclic amines) is 1. The summed E-state index contributed by atoms with van der Waals surface area (Å²) in [4.78, 5) is 2.95. The molecule has 2 unspecified atom stereocenters. The highest BCUT2D eigenvalue weighted by Crippen LogP contribution is 2.35. The normalized spacial score (nSPS) is 23.0. The standard InChI is InChI=1S/C17H31N3OSSi/c1-17(2,3)23(5,6)19-22(18,21)15-11-9-14(10-12-15)16-8-7-13-20(16)4/h9-12,16H,7-8,13H2,1-6H3,(H2,18,19,21). The van der Waals surface area contributed by atoms with Crippen LogP contribution in [-0.2, 0) is 9.92 Å². The van der Waals surface area contributed by atoms with Crippen molar-refractivity contribution in [3.63, 3.8) is 0 Å². The summed E-state index contributed by atoms with van der Waals surface area (Å²) in [6.07, 6.45) is 2.40. The third-order valence-corrected chi connectivity index (χ3v) is 13.3. The molecule has 6 heteroatoms. The Morgan fingerprint density at radius 1 is 1.26 bits per heavy atom. The number of rotatable bonds is 4. The minimum absolute atomic E-state index is 0.0449. The van der Waals surface area contributed by atoms with Crippen molar-refractivity contribution in [3.8, 4) is 0 Å². The minimum atomic E-state index is -2.96. The molecule has 1 aliphatic rings. The van der Waals surface area contributed by atoms with Gasteiger partial charge in [0.15, 0.2) is 0 Å². The second-order valence-electron chi connectivity index (χ2n) is 8.24. The molecule has 2 atom stereocenters. The van der Waals surface area contributed by atoms with Gasteiger partial charge in [0.1, 0.15) is 18.2 Å². The van der Waals surface area contributed by atoms with Gasteiger partial charge in [0, 0.05) is 6.04 Å². The van der Waals surface area contributed by atoms with Crippen LogP contribution in [0.15, 0.2) is 29.2 Å². The van der Waals surface area contributed by atoms with E-state index in [0.717, 1.165) is 6.54 Å². The second kappa shape index (κ2) is 6.31. The van der Waals surface area contributed by atoms with Crippen LogP contribution in [0.4, 0.5) is 0 Å². The van der Waals surface area contributed by atoms with E-state index in [0.29, 0.717) is 10.9 Å². The van der Waals surface area contributed by atoms with Crippen molar-refractivity contribution in [1.29, 1.82) is 4.78 Å². The monoisotopic (exact) mass is 353 g/mol. The molecule has 0 amide bonds. The van der Waals surface area contributed by atoms with Crippen LogP contribution < -0.4 is 4.39 Å². The number of hydrogen-bond donors (Lipinski definition) is 2. The van der Waals surface area contributed by atoms with Crippen LogP contribution in [0, 0.1) is 4.78 Å². The van der Waals surface area contributed by atoms with Gasteiger partial charge in [0.2, 0.25) is 0 Å². The Hall–Kier alpha value is -0.693. The fourth-order valence-electron chi connectivity index (χ4n) is 2.78. The Morgan fingerprint density at radius 2 is 1.83 bits per heavy atom. The van der Waals surface area contributed by atoms with E-state index in [9.17, 15) is 4.21 Å². The molecule has 0 aromatic heterocycles. The SMILES string of the molecule is CN1CCCC1c1ccc(S(=N)(=O)N[Si](C)(C)C(C)(C)C)cc1. The van der Waals surface area contributed by atoms with Gasteiger partial charge in [-0.05, 0) is 49.2 Å². The number of nitrogens with zero attached hydrogens (tertiary/aromatic N) is 1. The Labute approximate surface area is 142 Å². The number of nitrogens with one attached hydrogen (secondary N) is 2. The third kappa shape index (κ3) is 4.05. The first-order valence-electron chi connectivity index (χ1n) is 8.32. The smallest absolute Gasteiger partial charge is 0.140 e. The van der Waals surface area contributed by atoms with Crippen molar-refractivity contribution in [2.45, 2.75) is 62.7 Å². The summed E-state index contributed by atoms with van der Waals surface area (Å²) in [5.41, 5.74) is 1.26. The first-order chi connectivity index (χ1) is 10.4. The van der Waals surface area contributed by atoms with Crippen molar-refractivity contribution in [2.24, 2.45) is 0 Å². The van der Waals surface area contributed by atoms with Crippen molar-refractivity contribution < 1.29 is 4.21 Å². The Balaban J connectivity index is 2.21. The predicted molar refractivity (Wildman–Crippen MR) is 101 cm³/mol. The fraction of sp³-hybridized carbons (Fsp3) is 0.647. The molecule has 1 aromatic carbocycles. The third-order valence-electron chi connectivity index (χ3n) is 5.39.